The number of nitrogens with zero attached hydrogens (tertiary/aromatic N) is 6. The molecular weight excluding hydrogens is 478 g/mol. The number of aliphatic hydroxyl groups excluding tert-OH is 1. The van der Waals surface area contributed by atoms with Gasteiger partial charge >= 0.3 is 0 Å². The number of aliphatic imine (C=N–C) groups is 1. The molecule has 0 fully saturated rings. The molecule has 9 nitrogen and oxygen atoms in total. The Hall–Kier alpha value is -3.95. The summed E-state index contributed by atoms with van der Waals surface area (Å²) in [5.41, 5.74) is 8.39. The molecule has 0 amide bonds. The van der Waals surface area contributed by atoms with Crippen molar-refractivity contribution < 1.29 is 9.84 Å². The van der Waals surface area contributed by atoms with E-state index in [2.05, 4.69) is 30.6 Å². The predicted molar refractivity (Wildman–Crippen MR) is 152 cm³/mol. The minimum atomic E-state index is -0.556. The fraction of sp³-hybridized carbons (Fsp3) is 0.345. The second-order valence-electron chi connectivity index (χ2n) is 9.02. The second kappa shape index (κ2) is 13.6. The average molecular weight is 516 g/mol. The minimum absolute atomic E-state index is 0.556. The highest BCUT2D eigenvalue weighted by atomic mass is 16.5. The molecule has 3 heterocycles. The largest absolute Gasteiger partial charge is 0.389 e. The van der Waals surface area contributed by atoms with Gasteiger partial charge in [-0.1, -0.05) is 12.1 Å². The van der Waals surface area contributed by atoms with Crippen LogP contribution in [0.3, 0.4) is 0 Å². The van der Waals surface area contributed by atoms with E-state index in [0.29, 0.717) is 13.2 Å². The van der Waals surface area contributed by atoms with Crippen LogP contribution in [0.1, 0.15) is 48.2 Å². The molecule has 0 radical (unpaired) electrons. The Bertz CT molecular complexity index is 1360. The maximum Gasteiger partial charge on any atom is 0.153 e. The first-order valence-electron chi connectivity index (χ1n) is 12.6. The lowest BCUT2D eigenvalue weighted by molar-refractivity contribution is 0.183. The van der Waals surface area contributed by atoms with E-state index in [0.717, 1.165) is 56.7 Å². The third-order valence-electron chi connectivity index (χ3n) is 5.79. The highest BCUT2D eigenvalue weighted by Gasteiger charge is 2.16. The number of rotatable bonds is 8. The van der Waals surface area contributed by atoms with Crippen LogP contribution in [-0.4, -0.2) is 50.0 Å². The summed E-state index contributed by atoms with van der Waals surface area (Å²) in [5, 5.41) is 25.7. The van der Waals surface area contributed by atoms with Gasteiger partial charge in [0.25, 0.3) is 0 Å². The van der Waals surface area contributed by atoms with E-state index < -0.39 is 6.10 Å². The van der Waals surface area contributed by atoms with Crippen LogP contribution in [0.15, 0.2) is 53.7 Å². The molecule has 1 atom stereocenters. The third-order valence-corrected chi connectivity index (χ3v) is 5.79. The molecule has 4 aromatic rings. The summed E-state index contributed by atoms with van der Waals surface area (Å²) >= 11 is 0. The number of hydrogen-bond acceptors (Lipinski definition) is 8. The maximum atomic E-state index is 9.91. The molecule has 1 unspecified atom stereocenters. The van der Waals surface area contributed by atoms with Crippen LogP contribution in [0, 0.1) is 27.7 Å². The van der Waals surface area contributed by atoms with E-state index in [9.17, 15) is 5.11 Å². The van der Waals surface area contributed by atoms with E-state index >= 15 is 0 Å². The number of nitrogens with one attached hydrogen (secondary N) is 1. The normalized spacial score (nSPS) is 11.8. The number of aryl methyl sites for hydroxylation is 4. The summed E-state index contributed by atoms with van der Waals surface area (Å²) in [4.78, 5) is 8.90. The van der Waals surface area contributed by atoms with E-state index in [4.69, 9.17) is 4.74 Å². The van der Waals surface area contributed by atoms with Gasteiger partial charge in [-0.05, 0) is 77.4 Å². The number of benzene rings is 1. The number of aromatic nitrogens is 5. The average Bonchev–Trinajstić information content (AvgIpc) is 3.26. The van der Waals surface area contributed by atoms with E-state index in [1.165, 1.54) is 0 Å². The zero-order valence-corrected chi connectivity index (χ0v) is 23.2. The number of aliphatic hydroxyl groups is 1. The quantitative estimate of drug-likeness (QED) is 0.284. The number of methoxy groups -OCH3 is 1. The standard InChI is InChI=1S/C15H21N3O2.C14H16N4/c1-10-5-6-13(12(3)19)15(16-10)14-9-18(7-8-20-4)17-11(14)2;1-4-15-13-9-12(7-5-10(13)2)16-14-8-6-11(3)17-18-14/h5-6,9,12,19H,7-8H2,1-4H3;4-9H,1-3H3,(H,16,18). The van der Waals surface area contributed by atoms with Crippen LogP contribution in [0.4, 0.5) is 17.2 Å². The Balaban J connectivity index is 0.000000212. The fourth-order valence-electron chi connectivity index (χ4n) is 3.75. The molecule has 4 rings (SSSR count). The molecule has 0 aliphatic rings. The molecule has 200 valence electrons. The van der Waals surface area contributed by atoms with Gasteiger partial charge in [0, 0.05) is 42.0 Å². The van der Waals surface area contributed by atoms with Crippen LogP contribution in [0.25, 0.3) is 11.3 Å². The van der Waals surface area contributed by atoms with Gasteiger partial charge in [0.15, 0.2) is 5.82 Å². The number of anilines is 2. The Labute approximate surface area is 224 Å². The molecule has 0 saturated heterocycles. The SMILES string of the molecule is CC=Nc1cc(Nc2ccc(C)nn2)ccc1C.COCCn1cc(-c2nc(C)ccc2C(C)O)c(C)n1. The molecule has 2 N–H and O–H groups in total. The van der Waals surface area contributed by atoms with Crippen molar-refractivity contribution in [3.8, 4) is 11.3 Å². The Morgan fingerprint density at radius 2 is 1.82 bits per heavy atom. The van der Waals surface area contributed by atoms with Crippen molar-refractivity contribution >= 4 is 23.4 Å². The summed E-state index contributed by atoms with van der Waals surface area (Å²) in [5.74, 6) is 0.732. The van der Waals surface area contributed by atoms with Gasteiger partial charge in [0.1, 0.15) is 0 Å². The third kappa shape index (κ3) is 7.77. The smallest absolute Gasteiger partial charge is 0.153 e. The Kier molecular flexibility index (Phi) is 10.2. The first kappa shape index (κ1) is 28.6. The Morgan fingerprint density at radius 3 is 2.47 bits per heavy atom. The van der Waals surface area contributed by atoms with Crippen molar-refractivity contribution in [1.29, 1.82) is 0 Å². The van der Waals surface area contributed by atoms with E-state index in [-0.39, 0.29) is 0 Å². The molecule has 0 spiro atoms. The number of hydrogen-bond donors (Lipinski definition) is 2. The van der Waals surface area contributed by atoms with Crippen LogP contribution in [0.5, 0.6) is 0 Å². The van der Waals surface area contributed by atoms with Crippen LogP contribution in [0.2, 0.25) is 0 Å². The highest BCUT2D eigenvalue weighted by molar-refractivity contribution is 5.68. The van der Waals surface area contributed by atoms with Crippen molar-refractivity contribution in [2.45, 2.75) is 54.2 Å². The molecule has 0 saturated carbocycles. The van der Waals surface area contributed by atoms with E-state index in [1.807, 2.05) is 88.0 Å². The minimum Gasteiger partial charge on any atom is -0.389 e. The Morgan fingerprint density at radius 1 is 1.05 bits per heavy atom. The van der Waals surface area contributed by atoms with Crippen molar-refractivity contribution in [3.63, 3.8) is 0 Å². The van der Waals surface area contributed by atoms with Crippen molar-refractivity contribution in [2.75, 3.05) is 19.0 Å². The molecule has 38 heavy (non-hydrogen) atoms. The lowest BCUT2D eigenvalue weighted by atomic mass is 10.0. The first-order chi connectivity index (χ1) is 18.2. The zero-order chi connectivity index (χ0) is 27.7. The summed E-state index contributed by atoms with van der Waals surface area (Å²) in [6.45, 7) is 12.8. The zero-order valence-electron chi connectivity index (χ0n) is 23.2. The monoisotopic (exact) mass is 515 g/mol. The van der Waals surface area contributed by atoms with Gasteiger partial charge in [0.2, 0.25) is 0 Å². The molecule has 9 heteroatoms. The molecule has 0 aliphatic heterocycles. The van der Waals surface area contributed by atoms with Gasteiger partial charge in [-0.15, -0.1) is 5.10 Å². The first-order valence-corrected chi connectivity index (χ1v) is 12.6. The van der Waals surface area contributed by atoms with Crippen LogP contribution >= 0.6 is 0 Å². The van der Waals surface area contributed by atoms with Gasteiger partial charge in [0.05, 0.1) is 42.0 Å². The van der Waals surface area contributed by atoms with Crippen LogP contribution < -0.4 is 5.32 Å². The van der Waals surface area contributed by atoms with Crippen molar-refractivity contribution in [2.24, 2.45) is 4.99 Å². The van der Waals surface area contributed by atoms with Crippen molar-refractivity contribution in [3.05, 3.63) is 76.9 Å². The highest BCUT2D eigenvalue weighted by Crippen LogP contribution is 2.29. The van der Waals surface area contributed by atoms with Crippen molar-refractivity contribution in [1.82, 2.24) is 25.0 Å². The summed E-state index contributed by atoms with van der Waals surface area (Å²) in [6.07, 6.45) is 3.19. The summed E-state index contributed by atoms with van der Waals surface area (Å²) < 4.78 is 6.92. The van der Waals surface area contributed by atoms with E-state index in [1.54, 1.807) is 20.2 Å². The predicted octanol–water partition coefficient (Wildman–Crippen LogP) is 5.82. The van der Waals surface area contributed by atoms with Gasteiger partial charge < -0.3 is 15.2 Å². The van der Waals surface area contributed by atoms with Gasteiger partial charge in [-0.2, -0.15) is 10.2 Å². The molecule has 3 aromatic heterocycles. The topological polar surface area (TPSA) is 110 Å². The number of pyridine rings is 1. The fourth-order valence-corrected chi connectivity index (χ4v) is 3.75. The maximum absolute atomic E-state index is 9.91. The molecule has 0 bridgehead atoms. The molecule has 0 aliphatic carbocycles. The molecule has 1 aromatic carbocycles. The van der Waals surface area contributed by atoms with Gasteiger partial charge in [-0.25, -0.2) is 0 Å². The van der Waals surface area contributed by atoms with Gasteiger partial charge in [-0.3, -0.25) is 14.7 Å². The lowest BCUT2D eigenvalue weighted by Gasteiger charge is -2.11. The molecular formula is C29H37N7O2. The second-order valence-corrected chi connectivity index (χ2v) is 9.02. The number of ether oxygens (including phenoxy) is 1. The summed E-state index contributed by atoms with van der Waals surface area (Å²) in [7, 11) is 1.67. The van der Waals surface area contributed by atoms with Crippen LogP contribution in [-0.2, 0) is 11.3 Å². The summed E-state index contributed by atoms with van der Waals surface area (Å²) in [6, 6.07) is 13.7. The lowest BCUT2D eigenvalue weighted by Crippen LogP contribution is -2.04.